The maximum atomic E-state index is 13.2. The highest BCUT2D eigenvalue weighted by Crippen LogP contribution is 2.33. The van der Waals surface area contributed by atoms with E-state index in [-0.39, 0.29) is 10.7 Å². The van der Waals surface area contributed by atoms with Gasteiger partial charge < -0.3 is 20.5 Å². The van der Waals surface area contributed by atoms with Crippen molar-refractivity contribution < 1.29 is 13.9 Å². The number of hydrogen-bond acceptors (Lipinski definition) is 4. The van der Waals surface area contributed by atoms with Crippen molar-refractivity contribution in [2.45, 2.75) is 0 Å². The van der Waals surface area contributed by atoms with Crippen LogP contribution in [0.4, 0.5) is 21.5 Å². The molecule has 0 aliphatic heterocycles. The summed E-state index contributed by atoms with van der Waals surface area (Å²) in [6.07, 6.45) is 0. The van der Waals surface area contributed by atoms with Crippen molar-refractivity contribution in [3.05, 3.63) is 41.2 Å². The second-order valence-electron chi connectivity index (χ2n) is 4.05. The van der Waals surface area contributed by atoms with E-state index >= 15 is 0 Å². The number of nitrogen functional groups attached to an aromatic ring is 1. The molecular formula is C14H14ClFN2O2. The molecule has 3 N–H and O–H groups in total. The molecule has 0 radical (unpaired) electrons. The number of halogens is 2. The zero-order chi connectivity index (χ0) is 14.7. The van der Waals surface area contributed by atoms with Crippen molar-refractivity contribution in [2.75, 3.05) is 25.3 Å². The van der Waals surface area contributed by atoms with Gasteiger partial charge in [-0.1, -0.05) is 11.6 Å². The molecule has 0 aliphatic rings. The molecule has 2 rings (SSSR count). The minimum atomic E-state index is -0.554. The van der Waals surface area contributed by atoms with Crippen molar-refractivity contribution in [1.82, 2.24) is 0 Å². The minimum absolute atomic E-state index is 0.00202. The van der Waals surface area contributed by atoms with Crippen LogP contribution in [-0.4, -0.2) is 14.2 Å². The van der Waals surface area contributed by atoms with E-state index in [1.54, 1.807) is 32.4 Å². The third-order valence-electron chi connectivity index (χ3n) is 2.75. The Labute approximate surface area is 121 Å². The molecule has 0 saturated carbocycles. The molecule has 106 valence electrons. The van der Waals surface area contributed by atoms with Gasteiger partial charge in [0, 0.05) is 17.8 Å². The number of ether oxygens (including phenoxy) is 2. The van der Waals surface area contributed by atoms with E-state index in [1.165, 1.54) is 12.1 Å². The van der Waals surface area contributed by atoms with Gasteiger partial charge in [-0.05, 0) is 18.2 Å². The number of nitrogens with two attached hydrogens (primary N) is 1. The van der Waals surface area contributed by atoms with E-state index < -0.39 is 5.82 Å². The van der Waals surface area contributed by atoms with Crippen LogP contribution in [0.25, 0.3) is 0 Å². The molecule has 0 heterocycles. The highest BCUT2D eigenvalue weighted by molar-refractivity contribution is 6.31. The number of rotatable bonds is 4. The molecule has 4 nitrogen and oxygen atoms in total. The summed E-state index contributed by atoms with van der Waals surface area (Å²) < 4.78 is 23.6. The highest BCUT2D eigenvalue weighted by Gasteiger charge is 2.09. The standard InChI is InChI=1S/C14H14ClFN2O2/c1-19-13-4-3-8(5-14(13)20-2)18-12-6-9(15)10(16)7-11(12)17/h3-7,18H,17H2,1-2H3. The molecule has 2 aromatic carbocycles. The maximum Gasteiger partial charge on any atom is 0.162 e. The summed E-state index contributed by atoms with van der Waals surface area (Å²) >= 11 is 5.74. The Morgan fingerprint density at radius 1 is 1.10 bits per heavy atom. The van der Waals surface area contributed by atoms with Crippen LogP contribution in [0.5, 0.6) is 11.5 Å². The quantitative estimate of drug-likeness (QED) is 0.842. The summed E-state index contributed by atoms with van der Waals surface area (Å²) in [5, 5.41) is 3.06. The lowest BCUT2D eigenvalue weighted by atomic mass is 10.2. The molecule has 0 amide bonds. The van der Waals surface area contributed by atoms with E-state index in [1.807, 2.05) is 0 Å². The van der Waals surface area contributed by atoms with Crippen molar-refractivity contribution in [1.29, 1.82) is 0 Å². The lowest BCUT2D eigenvalue weighted by molar-refractivity contribution is 0.355. The van der Waals surface area contributed by atoms with Crippen LogP contribution in [0, 0.1) is 5.82 Å². The summed E-state index contributed by atoms with van der Waals surface area (Å²) in [5.74, 6) is 0.634. The molecule has 0 aliphatic carbocycles. The van der Waals surface area contributed by atoms with Crippen LogP contribution in [0.2, 0.25) is 5.02 Å². The molecule has 0 bridgehead atoms. The number of anilines is 3. The lowest BCUT2D eigenvalue weighted by Gasteiger charge is -2.13. The molecule has 2 aromatic rings. The van der Waals surface area contributed by atoms with Crippen molar-refractivity contribution >= 4 is 28.7 Å². The Balaban J connectivity index is 2.33. The lowest BCUT2D eigenvalue weighted by Crippen LogP contribution is -1.98. The second kappa shape index (κ2) is 5.88. The SMILES string of the molecule is COc1ccc(Nc2cc(Cl)c(F)cc2N)cc1OC. The average molecular weight is 297 g/mol. The predicted octanol–water partition coefficient (Wildman–Crippen LogP) is 3.82. The fourth-order valence-electron chi connectivity index (χ4n) is 1.74. The predicted molar refractivity (Wildman–Crippen MR) is 78.7 cm³/mol. The number of methoxy groups -OCH3 is 2. The van der Waals surface area contributed by atoms with Gasteiger partial charge in [-0.15, -0.1) is 0 Å². The van der Waals surface area contributed by atoms with E-state index in [4.69, 9.17) is 26.8 Å². The normalized spacial score (nSPS) is 10.2. The van der Waals surface area contributed by atoms with Crippen LogP contribution in [0.15, 0.2) is 30.3 Å². The van der Waals surface area contributed by atoms with Gasteiger partial charge in [-0.2, -0.15) is 0 Å². The average Bonchev–Trinajstić information content (AvgIpc) is 2.44. The van der Waals surface area contributed by atoms with E-state index in [0.29, 0.717) is 17.2 Å². The van der Waals surface area contributed by atoms with Crippen LogP contribution >= 0.6 is 11.6 Å². The maximum absolute atomic E-state index is 13.2. The van der Waals surface area contributed by atoms with Crippen LogP contribution in [0.3, 0.4) is 0 Å². The molecule has 20 heavy (non-hydrogen) atoms. The molecule has 0 atom stereocenters. The Morgan fingerprint density at radius 2 is 1.80 bits per heavy atom. The van der Waals surface area contributed by atoms with Crippen LogP contribution in [0.1, 0.15) is 0 Å². The summed E-state index contributed by atoms with van der Waals surface area (Å²) in [7, 11) is 3.10. The number of hydrogen-bond donors (Lipinski definition) is 2. The molecule has 0 spiro atoms. The van der Waals surface area contributed by atoms with Gasteiger partial charge in [0.15, 0.2) is 11.5 Å². The van der Waals surface area contributed by atoms with Gasteiger partial charge in [-0.25, -0.2) is 4.39 Å². The minimum Gasteiger partial charge on any atom is -0.493 e. The Morgan fingerprint density at radius 3 is 2.45 bits per heavy atom. The second-order valence-corrected chi connectivity index (χ2v) is 4.46. The van der Waals surface area contributed by atoms with E-state index in [9.17, 15) is 4.39 Å². The topological polar surface area (TPSA) is 56.5 Å². The molecule has 0 fully saturated rings. The fourth-order valence-corrected chi connectivity index (χ4v) is 1.90. The first-order valence-electron chi connectivity index (χ1n) is 5.78. The van der Waals surface area contributed by atoms with Gasteiger partial charge in [0.1, 0.15) is 5.82 Å². The summed E-state index contributed by atoms with van der Waals surface area (Å²) in [5.41, 5.74) is 7.25. The Bertz CT molecular complexity index is 635. The van der Waals surface area contributed by atoms with Gasteiger partial charge in [0.05, 0.1) is 30.6 Å². The summed E-state index contributed by atoms with van der Waals surface area (Å²) in [6.45, 7) is 0. The van der Waals surface area contributed by atoms with Crippen LogP contribution < -0.4 is 20.5 Å². The zero-order valence-electron chi connectivity index (χ0n) is 11.0. The van der Waals surface area contributed by atoms with Crippen LogP contribution in [-0.2, 0) is 0 Å². The first kappa shape index (κ1) is 14.3. The summed E-state index contributed by atoms with van der Waals surface area (Å²) in [6, 6.07) is 7.89. The summed E-state index contributed by atoms with van der Waals surface area (Å²) in [4.78, 5) is 0. The molecule has 0 aromatic heterocycles. The molecule has 0 unspecified atom stereocenters. The fraction of sp³-hybridized carbons (Fsp3) is 0.143. The van der Waals surface area contributed by atoms with Crippen molar-refractivity contribution in [2.24, 2.45) is 0 Å². The molecular weight excluding hydrogens is 283 g/mol. The first-order chi connectivity index (χ1) is 9.55. The largest absolute Gasteiger partial charge is 0.493 e. The van der Waals surface area contributed by atoms with Crippen molar-refractivity contribution in [3.63, 3.8) is 0 Å². The third-order valence-corrected chi connectivity index (χ3v) is 3.04. The number of benzene rings is 2. The van der Waals surface area contributed by atoms with Crippen molar-refractivity contribution in [3.8, 4) is 11.5 Å². The number of nitrogens with one attached hydrogen (secondary N) is 1. The van der Waals surface area contributed by atoms with E-state index in [0.717, 1.165) is 5.69 Å². The van der Waals surface area contributed by atoms with Gasteiger partial charge in [0.25, 0.3) is 0 Å². The Kier molecular flexibility index (Phi) is 4.20. The first-order valence-corrected chi connectivity index (χ1v) is 6.16. The Hall–Kier alpha value is -2.14. The molecule has 6 heteroatoms. The van der Waals surface area contributed by atoms with Gasteiger partial charge >= 0.3 is 0 Å². The van der Waals surface area contributed by atoms with Gasteiger partial charge in [0.2, 0.25) is 0 Å². The smallest absolute Gasteiger partial charge is 0.162 e. The van der Waals surface area contributed by atoms with E-state index in [2.05, 4.69) is 5.32 Å². The van der Waals surface area contributed by atoms with Gasteiger partial charge in [-0.3, -0.25) is 0 Å². The highest BCUT2D eigenvalue weighted by atomic mass is 35.5. The monoisotopic (exact) mass is 296 g/mol. The molecule has 0 saturated heterocycles. The zero-order valence-corrected chi connectivity index (χ0v) is 11.8. The third kappa shape index (κ3) is 2.88.